The van der Waals surface area contributed by atoms with Gasteiger partial charge in [0.05, 0.1) is 5.56 Å². The van der Waals surface area contributed by atoms with Crippen molar-refractivity contribution in [1.29, 1.82) is 0 Å². The second-order valence-electron chi connectivity index (χ2n) is 4.03. The topological polar surface area (TPSA) is 41.3 Å². The number of rotatable bonds is 4. The Bertz CT molecular complexity index is 375. The molecule has 3 N–H and O–H groups in total. The fourth-order valence-electron chi connectivity index (χ4n) is 1.36. The molecule has 0 atom stereocenters. The summed E-state index contributed by atoms with van der Waals surface area (Å²) in [7, 11) is 3.71. The van der Waals surface area contributed by atoms with Gasteiger partial charge < -0.3 is 16.0 Å². The Hall–Kier alpha value is -1.43. The molecule has 0 bridgehead atoms. The summed E-state index contributed by atoms with van der Waals surface area (Å²) >= 11 is 0. The molecule has 1 aromatic carbocycles. The van der Waals surface area contributed by atoms with Crippen LogP contribution in [0, 0.1) is 0 Å². The Labute approximate surface area is 98.4 Å². The van der Waals surface area contributed by atoms with Crippen molar-refractivity contribution < 1.29 is 13.2 Å². The van der Waals surface area contributed by atoms with Crippen LogP contribution >= 0.6 is 0 Å². The highest BCUT2D eigenvalue weighted by atomic mass is 19.4. The summed E-state index contributed by atoms with van der Waals surface area (Å²) < 4.78 is 38.1. The van der Waals surface area contributed by atoms with E-state index in [4.69, 9.17) is 5.73 Å². The zero-order valence-electron chi connectivity index (χ0n) is 9.80. The Morgan fingerprint density at radius 2 is 1.94 bits per heavy atom. The van der Waals surface area contributed by atoms with E-state index in [-0.39, 0.29) is 11.4 Å². The molecule has 0 radical (unpaired) electrons. The number of nitrogen functional groups attached to an aromatic ring is 1. The third kappa shape index (κ3) is 4.14. The monoisotopic (exact) mass is 247 g/mol. The van der Waals surface area contributed by atoms with Crippen LogP contribution in [0.15, 0.2) is 18.2 Å². The first-order chi connectivity index (χ1) is 7.80. The molecule has 0 fully saturated rings. The molecule has 1 aromatic rings. The first kappa shape index (κ1) is 13.6. The van der Waals surface area contributed by atoms with Crippen LogP contribution in [0.1, 0.15) is 5.56 Å². The maximum absolute atomic E-state index is 12.7. The van der Waals surface area contributed by atoms with Gasteiger partial charge in [-0.25, -0.2) is 0 Å². The number of benzene rings is 1. The van der Waals surface area contributed by atoms with E-state index in [1.54, 1.807) is 0 Å². The molecule has 0 saturated heterocycles. The smallest absolute Gasteiger partial charge is 0.399 e. The Morgan fingerprint density at radius 3 is 2.47 bits per heavy atom. The molecule has 96 valence electrons. The van der Waals surface area contributed by atoms with Gasteiger partial charge in [-0.05, 0) is 32.3 Å². The number of likely N-dealkylation sites (N-methyl/N-ethyl adjacent to an activating group) is 1. The first-order valence-electron chi connectivity index (χ1n) is 5.16. The average Bonchev–Trinajstić information content (AvgIpc) is 2.18. The average molecular weight is 247 g/mol. The lowest BCUT2D eigenvalue weighted by molar-refractivity contribution is -0.136. The molecule has 6 heteroatoms. The molecular formula is C11H16F3N3. The van der Waals surface area contributed by atoms with Crippen molar-refractivity contribution >= 4 is 11.4 Å². The highest BCUT2D eigenvalue weighted by molar-refractivity contribution is 5.59. The van der Waals surface area contributed by atoms with E-state index < -0.39 is 11.7 Å². The molecule has 3 nitrogen and oxygen atoms in total. The van der Waals surface area contributed by atoms with Gasteiger partial charge in [-0.15, -0.1) is 0 Å². The quantitative estimate of drug-likeness (QED) is 0.802. The lowest BCUT2D eigenvalue weighted by Gasteiger charge is -2.16. The molecule has 0 aliphatic heterocycles. The largest absolute Gasteiger partial charge is 0.418 e. The van der Waals surface area contributed by atoms with Crippen molar-refractivity contribution in [2.75, 3.05) is 38.2 Å². The van der Waals surface area contributed by atoms with Crippen LogP contribution in [0.25, 0.3) is 0 Å². The third-order valence-corrected chi connectivity index (χ3v) is 2.22. The highest BCUT2D eigenvalue weighted by Crippen LogP contribution is 2.35. The van der Waals surface area contributed by atoms with Crippen molar-refractivity contribution in [3.05, 3.63) is 23.8 Å². The molecular weight excluding hydrogens is 231 g/mol. The minimum absolute atomic E-state index is 0.0635. The van der Waals surface area contributed by atoms with Crippen LogP contribution in [0.2, 0.25) is 0 Å². The summed E-state index contributed by atoms with van der Waals surface area (Å²) in [5.74, 6) is 0. The number of alkyl halides is 3. The molecule has 0 heterocycles. The zero-order valence-corrected chi connectivity index (χ0v) is 9.80. The van der Waals surface area contributed by atoms with E-state index >= 15 is 0 Å². The standard InChI is InChI=1S/C11H16F3N3/c1-17(2)6-5-16-10-4-3-8(15)7-9(10)11(12,13)14/h3-4,7,16H,5-6,15H2,1-2H3. The predicted octanol–water partition coefficient (Wildman–Crippen LogP) is 2.26. The van der Waals surface area contributed by atoms with E-state index in [1.165, 1.54) is 12.1 Å². The van der Waals surface area contributed by atoms with E-state index in [9.17, 15) is 13.2 Å². The van der Waals surface area contributed by atoms with Crippen LogP contribution in [-0.4, -0.2) is 32.1 Å². The maximum atomic E-state index is 12.7. The molecule has 17 heavy (non-hydrogen) atoms. The van der Waals surface area contributed by atoms with Crippen molar-refractivity contribution in [3.8, 4) is 0 Å². The summed E-state index contributed by atoms with van der Waals surface area (Å²) in [6, 6.07) is 3.75. The zero-order chi connectivity index (χ0) is 13.1. The van der Waals surface area contributed by atoms with Crippen molar-refractivity contribution in [3.63, 3.8) is 0 Å². The molecule has 0 amide bonds. The van der Waals surface area contributed by atoms with Crippen molar-refractivity contribution in [2.24, 2.45) is 0 Å². The minimum atomic E-state index is -4.39. The number of nitrogens with two attached hydrogens (primary N) is 1. The van der Waals surface area contributed by atoms with Crippen LogP contribution in [0.5, 0.6) is 0 Å². The SMILES string of the molecule is CN(C)CCNc1ccc(N)cc1C(F)(F)F. The van der Waals surface area contributed by atoms with Crippen LogP contribution < -0.4 is 11.1 Å². The van der Waals surface area contributed by atoms with Gasteiger partial charge in [0.2, 0.25) is 0 Å². The normalized spacial score (nSPS) is 11.9. The van der Waals surface area contributed by atoms with E-state index in [2.05, 4.69) is 5.32 Å². The highest BCUT2D eigenvalue weighted by Gasteiger charge is 2.33. The number of hydrogen-bond acceptors (Lipinski definition) is 3. The van der Waals surface area contributed by atoms with Gasteiger partial charge in [0.1, 0.15) is 0 Å². The summed E-state index contributed by atoms with van der Waals surface area (Å²) in [6.07, 6.45) is -4.39. The Kier molecular flexibility index (Phi) is 4.22. The number of anilines is 2. The van der Waals surface area contributed by atoms with Gasteiger partial charge in [-0.3, -0.25) is 0 Å². The lowest BCUT2D eigenvalue weighted by atomic mass is 10.1. The summed E-state index contributed by atoms with van der Waals surface area (Å²) in [5, 5.41) is 2.76. The Balaban J connectivity index is 2.84. The molecule has 0 aliphatic rings. The lowest BCUT2D eigenvalue weighted by Crippen LogP contribution is -2.22. The van der Waals surface area contributed by atoms with E-state index in [0.29, 0.717) is 13.1 Å². The molecule has 0 aromatic heterocycles. The van der Waals surface area contributed by atoms with Gasteiger partial charge in [0.15, 0.2) is 0 Å². The number of halogens is 3. The first-order valence-corrected chi connectivity index (χ1v) is 5.16. The van der Waals surface area contributed by atoms with Gasteiger partial charge in [-0.2, -0.15) is 13.2 Å². The third-order valence-electron chi connectivity index (χ3n) is 2.22. The van der Waals surface area contributed by atoms with E-state index in [0.717, 1.165) is 6.07 Å². The molecule has 0 spiro atoms. The minimum Gasteiger partial charge on any atom is -0.399 e. The molecule has 1 rings (SSSR count). The van der Waals surface area contributed by atoms with Crippen LogP contribution in [0.4, 0.5) is 24.5 Å². The molecule has 0 saturated carbocycles. The Morgan fingerprint density at radius 1 is 1.29 bits per heavy atom. The predicted molar refractivity (Wildman–Crippen MR) is 62.9 cm³/mol. The molecule has 0 unspecified atom stereocenters. The van der Waals surface area contributed by atoms with Gasteiger partial charge in [0, 0.05) is 24.5 Å². The maximum Gasteiger partial charge on any atom is 0.418 e. The van der Waals surface area contributed by atoms with Gasteiger partial charge in [-0.1, -0.05) is 0 Å². The second-order valence-corrected chi connectivity index (χ2v) is 4.03. The summed E-state index contributed by atoms with van der Waals surface area (Å²) in [6.45, 7) is 1.10. The summed E-state index contributed by atoms with van der Waals surface area (Å²) in [5.41, 5.74) is 4.81. The van der Waals surface area contributed by atoms with Crippen molar-refractivity contribution in [1.82, 2.24) is 4.90 Å². The summed E-state index contributed by atoms with van der Waals surface area (Å²) in [4.78, 5) is 1.89. The van der Waals surface area contributed by atoms with E-state index in [1.807, 2.05) is 19.0 Å². The van der Waals surface area contributed by atoms with Crippen molar-refractivity contribution in [2.45, 2.75) is 6.18 Å². The number of nitrogens with one attached hydrogen (secondary N) is 1. The molecule has 0 aliphatic carbocycles. The second kappa shape index (κ2) is 5.27. The van der Waals surface area contributed by atoms with Gasteiger partial charge >= 0.3 is 6.18 Å². The van der Waals surface area contributed by atoms with Gasteiger partial charge in [0.25, 0.3) is 0 Å². The van der Waals surface area contributed by atoms with Crippen LogP contribution in [0.3, 0.4) is 0 Å². The number of nitrogens with zero attached hydrogens (tertiary/aromatic N) is 1. The number of hydrogen-bond donors (Lipinski definition) is 2. The van der Waals surface area contributed by atoms with Crippen LogP contribution in [-0.2, 0) is 6.18 Å². The fraction of sp³-hybridized carbons (Fsp3) is 0.455. The fourth-order valence-corrected chi connectivity index (χ4v) is 1.36.